The summed E-state index contributed by atoms with van der Waals surface area (Å²) in [5.74, 6) is -0.436. The Morgan fingerprint density at radius 2 is 1.50 bits per heavy atom. The first-order valence-corrected chi connectivity index (χ1v) is 16.6. The first-order chi connectivity index (χ1) is 23.5. The molecule has 1 fully saturated rings. The number of ether oxygens (including phenoxy) is 3. The fourth-order valence-corrected chi connectivity index (χ4v) is 5.10. The molecule has 1 saturated heterocycles. The Morgan fingerprint density at radius 3 is 2.17 bits per heavy atom. The number of amides is 1. The number of nitrogens with one attached hydrogen (secondary N) is 2. The lowest BCUT2D eigenvalue weighted by atomic mass is 10.0. The van der Waals surface area contributed by atoms with Crippen molar-refractivity contribution >= 4 is 18.0 Å². The van der Waals surface area contributed by atoms with Crippen LogP contribution in [0, 0.1) is 5.92 Å². The van der Waals surface area contributed by atoms with Crippen LogP contribution in [0.2, 0.25) is 0 Å². The first kappa shape index (κ1) is 34.3. The van der Waals surface area contributed by atoms with Crippen LogP contribution in [0.15, 0.2) is 91.3 Å². The lowest BCUT2D eigenvalue weighted by Gasteiger charge is -2.25. The molecule has 0 radical (unpaired) electrons. The molecule has 3 aromatic carbocycles. The molecule has 1 amide bonds. The molecule has 1 unspecified atom stereocenters. The van der Waals surface area contributed by atoms with Crippen molar-refractivity contribution in [2.24, 2.45) is 5.92 Å². The van der Waals surface area contributed by atoms with E-state index >= 15 is 0 Å². The summed E-state index contributed by atoms with van der Waals surface area (Å²) in [4.78, 5) is 47.1. The minimum Gasteiger partial charge on any atom is -0.494 e. The Morgan fingerprint density at radius 1 is 0.812 bits per heavy atom. The van der Waals surface area contributed by atoms with Crippen molar-refractivity contribution in [1.82, 2.24) is 20.6 Å². The SMILES string of the molecule is CCCCCCCOc1ccc(-c2cnc(-c3ccc(CC(NC(=O)OCc4ccccc4)C(=O)OC(=O)C4CNC4)cc3)nc2)cc1. The number of rotatable bonds is 16. The van der Waals surface area contributed by atoms with Crippen LogP contribution in [-0.4, -0.2) is 53.7 Å². The van der Waals surface area contributed by atoms with E-state index in [0.29, 0.717) is 18.9 Å². The van der Waals surface area contributed by atoms with Crippen LogP contribution >= 0.6 is 0 Å². The highest BCUT2D eigenvalue weighted by molar-refractivity contribution is 5.91. The molecule has 10 nitrogen and oxygen atoms in total. The molecular formula is C38H42N4O6. The number of hydrogen-bond acceptors (Lipinski definition) is 9. The van der Waals surface area contributed by atoms with Crippen molar-refractivity contribution in [3.05, 3.63) is 102 Å². The molecule has 250 valence electrons. The van der Waals surface area contributed by atoms with Gasteiger partial charge in [0.1, 0.15) is 18.4 Å². The third kappa shape index (κ3) is 10.2. The fourth-order valence-electron chi connectivity index (χ4n) is 5.10. The Balaban J connectivity index is 1.17. The molecule has 48 heavy (non-hydrogen) atoms. The molecular weight excluding hydrogens is 608 g/mol. The maximum Gasteiger partial charge on any atom is 0.408 e. The number of aromatic nitrogens is 2. The van der Waals surface area contributed by atoms with E-state index in [2.05, 4.69) is 27.5 Å². The maximum absolute atomic E-state index is 13.0. The number of nitrogens with zero attached hydrogens (tertiary/aromatic N) is 2. The van der Waals surface area contributed by atoms with Crippen LogP contribution in [0.1, 0.15) is 50.2 Å². The number of carbonyl (C=O) groups excluding carboxylic acids is 3. The number of carbonyl (C=O) groups is 3. The molecule has 5 rings (SSSR count). The van der Waals surface area contributed by atoms with Gasteiger partial charge in [-0.2, -0.15) is 0 Å². The first-order valence-electron chi connectivity index (χ1n) is 16.6. The van der Waals surface area contributed by atoms with Gasteiger partial charge in [-0.15, -0.1) is 0 Å². The predicted molar refractivity (Wildman–Crippen MR) is 182 cm³/mol. The Bertz CT molecular complexity index is 1610. The summed E-state index contributed by atoms with van der Waals surface area (Å²) < 4.78 is 16.3. The summed E-state index contributed by atoms with van der Waals surface area (Å²) in [7, 11) is 0. The van der Waals surface area contributed by atoms with E-state index in [4.69, 9.17) is 14.2 Å². The summed E-state index contributed by atoms with van der Waals surface area (Å²) in [6, 6.07) is 23.4. The number of benzene rings is 3. The second kappa shape index (κ2) is 17.7. The average Bonchev–Trinajstić information content (AvgIpc) is 3.09. The number of esters is 2. The maximum atomic E-state index is 13.0. The summed E-state index contributed by atoms with van der Waals surface area (Å²) in [5, 5.41) is 5.55. The van der Waals surface area contributed by atoms with Crippen molar-refractivity contribution in [1.29, 1.82) is 0 Å². The Hall–Kier alpha value is -5.09. The highest BCUT2D eigenvalue weighted by Crippen LogP contribution is 2.24. The zero-order valence-electron chi connectivity index (χ0n) is 27.2. The normalized spacial score (nSPS) is 13.2. The Kier molecular flexibility index (Phi) is 12.6. The van der Waals surface area contributed by atoms with E-state index in [1.165, 1.54) is 25.7 Å². The van der Waals surface area contributed by atoms with E-state index < -0.39 is 24.1 Å². The molecule has 0 saturated carbocycles. The van der Waals surface area contributed by atoms with Gasteiger partial charge in [0, 0.05) is 43.0 Å². The van der Waals surface area contributed by atoms with Crippen LogP contribution in [0.25, 0.3) is 22.5 Å². The van der Waals surface area contributed by atoms with Crippen molar-refractivity contribution < 1.29 is 28.6 Å². The summed E-state index contributed by atoms with van der Waals surface area (Å²) in [6.07, 6.45) is 8.88. The van der Waals surface area contributed by atoms with Crippen molar-refractivity contribution in [2.45, 2.75) is 58.1 Å². The minimum atomic E-state index is -1.13. The molecule has 10 heteroatoms. The second-order valence-corrected chi connectivity index (χ2v) is 11.8. The second-order valence-electron chi connectivity index (χ2n) is 11.8. The van der Waals surface area contributed by atoms with E-state index in [9.17, 15) is 14.4 Å². The molecule has 2 heterocycles. The lowest BCUT2D eigenvalue weighted by molar-refractivity contribution is -0.165. The van der Waals surface area contributed by atoms with Crippen LogP contribution in [0.5, 0.6) is 5.75 Å². The van der Waals surface area contributed by atoms with Gasteiger partial charge in [0.2, 0.25) is 0 Å². The molecule has 2 N–H and O–H groups in total. The number of alkyl carbamates (subject to hydrolysis) is 1. The van der Waals surface area contributed by atoms with Crippen molar-refractivity contribution in [3.8, 4) is 28.3 Å². The monoisotopic (exact) mass is 650 g/mol. The van der Waals surface area contributed by atoms with E-state index in [1.807, 2.05) is 78.9 Å². The minimum absolute atomic E-state index is 0.0353. The summed E-state index contributed by atoms with van der Waals surface area (Å²) in [6.45, 7) is 3.88. The summed E-state index contributed by atoms with van der Waals surface area (Å²) in [5.41, 5.74) is 4.21. The van der Waals surface area contributed by atoms with Crippen LogP contribution in [-0.2, 0) is 32.1 Å². The molecule has 1 aliphatic heterocycles. The predicted octanol–water partition coefficient (Wildman–Crippen LogP) is 6.29. The number of hydrogen-bond donors (Lipinski definition) is 2. The molecule has 0 bridgehead atoms. The highest BCUT2D eigenvalue weighted by Gasteiger charge is 2.32. The van der Waals surface area contributed by atoms with Gasteiger partial charge >= 0.3 is 18.0 Å². The molecule has 4 aromatic rings. The van der Waals surface area contributed by atoms with Gasteiger partial charge in [-0.3, -0.25) is 4.79 Å². The van der Waals surface area contributed by atoms with Gasteiger partial charge in [0.05, 0.1) is 12.5 Å². The zero-order valence-corrected chi connectivity index (χ0v) is 27.2. The molecule has 0 spiro atoms. The van der Waals surface area contributed by atoms with E-state index in [0.717, 1.165) is 46.6 Å². The van der Waals surface area contributed by atoms with Crippen LogP contribution < -0.4 is 15.4 Å². The standard InChI is InChI=1S/C38H42N4O6/c1-2-3-4-5-9-20-46-33-18-16-29(17-19-33)31-24-40-35(41-25-31)30-14-12-27(13-15-30)21-34(37(44)48-36(43)32-22-39-23-32)42-38(45)47-26-28-10-7-6-8-11-28/h6-8,10-19,24-25,32,34,39H,2-5,9,20-23,26H2,1H3,(H,42,45). The molecule has 0 aliphatic carbocycles. The summed E-state index contributed by atoms with van der Waals surface area (Å²) >= 11 is 0. The van der Waals surface area contributed by atoms with Crippen molar-refractivity contribution in [2.75, 3.05) is 19.7 Å². The largest absolute Gasteiger partial charge is 0.494 e. The lowest BCUT2D eigenvalue weighted by Crippen LogP contribution is -2.50. The van der Waals surface area contributed by atoms with Gasteiger partial charge in [-0.1, -0.05) is 99.3 Å². The molecule has 1 atom stereocenters. The zero-order chi connectivity index (χ0) is 33.6. The topological polar surface area (TPSA) is 129 Å². The third-order valence-corrected chi connectivity index (χ3v) is 8.11. The van der Waals surface area contributed by atoms with Gasteiger partial charge in [-0.05, 0) is 35.2 Å². The van der Waals surface area contributed by atoms with E-state index in [1.54, 1.807) is 12.4 Å². The van der Waals surface area contributed by atoms with Gasteiger partial charge in [-0.25, -0.2) is 19.6 Å². The van der Waals surface area contributed by atoms with Crippen LogP contribution in [0.4, 0.5) is 4.79 Å². The molecule has 1 aromatic heterocycles. The fraction of sp³-hybridized carbons (Fsp3) is 0.342. The van der Waals surface area contributed by atoms with Crippen molar-refractivity contribution in [3.63, 3.8) is 0 Å². The molecule has 1 aliphatic rings. The quantitative estimate of drug-likeness (QED) is 0.0817. The van der Waals surface area contributed by atoms with E-state index in [-0.39, 0.29) is 18.9 Å². The smallest absolute Gasteiger partial charge is 0.408 e. The van der Waals surface area contributed by atoms with Gasteiger partial charge < -0.3 is 24.8 Å². The number of unbranched alkanes of at least 4 members (excludes halogenated alkanes) is 4. The third-order valence-electron chi connectivity index (χ3n) is 8.11. The van der Waals surface area contributed by atoms with Gasteiger partial charge in [0.25, 0.3) is 0 Å². The van der Waals surface area contributed by atoms with Crippen LogP contribution in [0.3, 0.4) is 0 Å². The van der Waals surface area contributed by atoms with Gasteiger partial charge in [0.15, 0.2) is 5.82 Å². The highest BCUT2D eigenvalue weighted by atomic mass is 16.6. The Labute approximate surface area is 281 Å². The average molecular weight is 651 g/mol.